The fourth-order valence-electron chi connectivity index (χ4n) is 0.677. The summed E-state index contributed by atoms with van der Waals surface area (Å²) in [7, 11) is 0. The van der Waals surface area contributed by atoms with Gasteiger partial charge in [-0.2, -0.15) is 0 Å². The summed E-state index contributed by atoms with van der Waals surface area (Å²) in [6.07, 6.45) is 7.01. The van der Waals surface area contributed by atoms with Crippen LogP contribution in [0.1, 0.15) is 46.0 Å². The largest absolute Gasteiger partial charge is 1.00 e. The van der Waals surface area contributed by atoms with Gasteiger partial charge >= 0.3 is 18.9 Å². The van der Waals surface area contributed by atoms with Crippen LogP contribution in [0.4, 0.5) is 0 Å². The Kier molecular flexibility index (Phi) is 27.2. The van der Waals surface area contributed by atoms with Gasteiger partial charge in [-0.1, -0.05) is 46.0 Å². The molecule has 0 fully saturated rings. The molecular weight excluding hydrogens is 171 g/mol. The van der Waals surface area contributed by atoms with Crippen molar-refractivity contribution in [2.45, 2.75) is 46.0 Å². The van der Waals surface area contributed by atoms with Crippen molar-refractivity contribution in [1.29, 1.82) is 0 Å². The molecule has 70 valence electrons. The number of rotatable bonds is 4. The van der Waals surface area contributed by atoms with Crippen LogP contribution in [-0.4, -0.2) is 13.3 Å². The quantitative estimate of drug-likeness (QED) is 0.361. The van der Waals surface area contributed by atoms with E-state index in [2.05, 4.69) is 13.8 Å². The Labute approximate surface area is 89.6 Å². The first kappa shape index (κ1) is 18.5. The first-order chi connectivity index (χ1) is 5.15. The first-order valence-electron chi connectivity index (χ1n) is 3.93. The van der Waals surface area contributed by atoms with E-state index in [4.69, 9.17) is 13.3 Å². The summed E-state index contributed by atoms with van der Waals surface area (Å²) in [4.78, 5) is 0. The van der Waals surface area contributed by atoms with E-state index in [0.717, 1.165) is 0 Å². The molecule has 0 saturated heterocycles. The Bertz CT molecular complexity index is 82.7. The third-order valence-electron chi connectivity index (χ3n) is 1.21. The summed E-state index contributed by atoms with van der Waals surface area (Å²) in [5, 5.41) is 0. The van der Waals surface area contributed by atoms with Gasteiger partial charge in [0.05, 0.1) is 11.4 Å². The zero-order chi connectivity index (χ0) is 9.11. The van der Waals surface area contributed by atoms with E-state index >= 15 is 0 Å². The number of unbranched alkanes of at least 4 members (excludes halogenated alkanes) is 4. The maximum atomic E-state index is 8.56. The molecular formula is C7H17LiO3S. The fourth-order valence-corrected chi connectivity index (χ4v) is 0.677. The number of hydrogen-bond acceptors (Lipinski definition) is 2. The minimum atomic E-state index is -2.86. The van der Waals surface area contributed by atoms with E-state index < -0.39 is 11.4 Å². The number of hydrogen-bond donors (Lipinski definition) is 1. The summed E-state index contributed by atoms with van der Waals surface area (Å²) < 4.78 is 24.1. The van der Waals surface area contributed by atoms with Gasteiger partial charge in [-0.3, -0.25) is 0 Å². The van der Waals surface area contributed by atoms with Crippen molar-refractivity contribution < 1.29 is 32.2 Å². The smallest absolute Gasteiger partial charge is 0.750 e. The molecule has 0 aromatic carbocycles. The topological polar surface area (TPSA) is 60.4 Å². The van der Waals surface area contributed by atoms with Crippen LogP contribution in [0, 0.1) is 0 Å². The van der Waals surface area contributed by atoms with Crippen LogP contribution in [-0.2, 0) is 11.4 Å². The van der Waals surface area contributed by atoms with Gasteiger partial charge in [0.1, 0.15) is 0 Å². The van der Waals surface area contributed by atoms with Gasteiger partial charge in [0.2, 0.25) is 0 Å². The van der Waals surface area contributed by atoms with Gasteiger partial charge < -0.3 is 9.11 Å². The van der Waals surface area contributed by atoms with E-state index in [1.807, 2.05) is 0 Å². The van der Waals surface area contributed by atoms with Crippen molar-refractivity contribution >= 4 is 11.4 Å². The molecule has 0 aliphatic heterocycles. The van der Waals surface area contributed by atoms with Crippen LogP contribution in [0.3, 0.4) is 0 Å². The van der Waals surface area contributed by atoms with Gasteiger partial charge in [0, 0.05) is 0 Å². The van der Waals surface area contributed by atoms with E-state index in [0.29, 0.717) is 0 Å². The zero-order valence-corrected chi connectivity index (χ0v) is 9.02. The maximum Gasteiger partial charge on any atom is 1.00 e. The minimum Gasteiger partial charge on any atom is -0.750 e. The average Bonchev–Trinajstić information content (AvgIpc) is 1.88. The molecule has 0 aromatic rings. The van der Waals surface area contributed by atoms with Crippen molar-refractivity contribution in [3.63, 3.8) is 0 Å². The van der Waals surface area contributed by atoms with E-state index in [-0.39, 0.29) is 18.9 Å². The van der Waals surface area contributed by atoms with Crippen molar-refractivity contribution in [3.8, 4) is 0 Å². The molecule has 0 aromatic heterocycles. The molecule has 0 aliphatic rings. The summed E-state index contributed by atoms with van der Waals surface area (Å²) in [6.45, 7) is 4.49. The third-order valence-corrected chi connectivity index (χ3v) is 1.21. The molecule has 1 N–H and O–H groups in total. The molecule has 12 heavy (non-hydrogen) atoms. The molecule has 1 atom stereocenters. The normalized spacial score (nSPS) is 10.7. The molecule has 5 heteroatoms. The average molecular weight is 188 g/mol. The van der Waals surface area contributed by atoms with Gasteiger partial charge in [-0.05, 0) is 0 Å². The Balaban J connectivity index is -0.000000142. The molecule has 0 saturated carbocycles. The van der Waals surface area contributed by atoms with Crippen LogP contribution in [0.5, 0.6) is 0 Å². The van der Waals surface area contributed by atoms with Crippen molar-refractivity contribution in [2.24, 2.45) is 0 Å². The predicted octanol–water partition coefficient (Wildman–Crippen LogP) is -0.681. The van der Waals surface area contributed by atoms with Crippen molar-refractivity contribution in [2.75, 3.05) is 0 Å². The first-order valence-corrected chi connectivity index (χ1v) is 4.96. The molecule has 0 radical (unpaired) electrons. The third kappa shape index (κ3) is 45.8. The van der Waals surface area contributed by atoms with Gasteiger partial charge in [-0.25, -0.2) is 4.21 Å². The van der Waals surface area contributed by atoms with Gasteiger partial charge in [-0.15, -0.1) is 0 Å². The second-order valence-electron chi connectivity index (χ2n) is 2.28. The maximum absolute atomic E-state index is 8.56. The fraction of sp³-hybridized carbons (Fsp3) is 1.00. The molecule has 3 nitrogen and oxygen atoms in total. The molecule has 0 spiro atoms. The molecule has 1 unspecified atom stereocenters. The van der Waals surface area contributed by atoms with Crippen molar-refractivity contribution in [3.05, 3.63) is 0 Å². The van der Waals surface area contributed by atoms with Crippen LogP contribution in [0.2, 0.25) is 0 Å². The molecule has 0 rings (SSSR count). The Morgan fingerprint density at radius 1 is 1.17 bits per heavy atom. The van der Waals surface area contributed by atoms with Gasteiger partial charge in [0.15, 0.2) is 0 Å². The van der Waals surface area contributed by atoms with E-state index in [1.54, 1.807) is 0 Å². The van der Waals surface area contributed by atoms with Gasteiger partial charge in [0.25, 0.3) is 0 Å². The second kappa shape index (κ2) is 17.7. The standard InChI is InChI=1S/C7H16.Li.H2O3S/c1-3-5-7-6-4-2;;1-4(2)3/h3-7H2,1-2H3;;(H2,1,2,3)/q;+1;/p-1. The molecule has 0 amide bonds. The van der Waals surface area contributed by atoms with Crippen molar-refractivity contribution in [1.82, 2.24) is 0 Å². The Hall–Kier alpha value is 0.667. The summed E-state index contributed by atoms with van der Waals surface area (Å²) in [5.74, 6) is 0. The SMILES string of the molecule is CCCCCCC.O=S([O-])O.[Li+]. The molecule has 0 aliphatic carbocycles. The minimum absolute atomic E-state index is 0. The van der Waals surface area contributed by atoms with E-state index in [1.165, 1.54) is 32.1 Å². The summed E-state index contributed by atoms with van der Waals surface area (Å²) in [5.41, 5.74) is 0. The summed E-state index contributed by atoms with van der Waals surface area (Å²) >= 11 is -2.86. The molecule has 0 bridgehead atoms. The molecule has 0 heterocycles. The van der Waals surface area contributed by atoms with E-state index in [9.17, 15) is 0 Å². The zero-order valence-electron chi connectivity index (χ0n) is 8.21. The predicted molar refractivity (Wildman–Crippen MR) is 46.0 cm³/mol. The Morgan fingerprint density at radius 3 is 1.58 bits per heavy atom. The summed E-state index contributed by atoms with van der Waals surface area (Å²) in [6, 6.07) is 0. The second-order valence-corrected chi connectivity index (χ2v) is 2.71. The van der Waals surface area contributed by atoms with Crippen LogP contribution < -0.4 is 18.9 Å². The van der Waals surface area contributed by atoms with Crippen LogP contribution >= 0.6 is 0 Å². The monoisotopic (exact) mass is 188 g/mol. The van der Waals surface area contributed by atoms with Crippen LogP contribution in [0.15, 0.2) is 0 Å². The van der Waals surface area contributed by atoms with Crippen LogP contribution in [0.25, 0.3) is 0 Å². The Morgan fingerprint density at radius 2 is 1.42 bits per heavy atom.